The molecular weight excluding hydrogens is 206 g/mol. The van der Waals surface area contributed by atoms with Crippen LogP contribution in [0.15, 0.2) is 12.5 Å². The number of hydrogen-bond acceptors (Lipinski definition) is 3. The lowest BCUT2D eigenvalue weighted by atomic mass is 10.1. The predicted molar refractivity (Wildman–Crippen MR) is 58.6 cm³/mol. The molecule has 88 valence electrons. The number of H-pyrrole nitrogens is 1. The van der Waals surface area contributed by atoms with E-state index in [-0.39, 0.29) is 12.0 Å². The summed E-state index contributed by atoms with van der Waals surface area (Å²) >= 11 is 0. The lowest BCUT2D eigenvalue weighted by Crippen LogP contribution is -2.24. The Kier molecular flexibility index (Phi) is 3.93. The normalized spacial score (nSPS) is 19.9. The molecule has 0 spiro atoms. The van der Waals surface area contributed by atoms with Gasteiger partial charge in [-0.2, -0.15) is 0 Å². The van der Waals surface area contributed by atoms with Gasteiger partial charge in [0.2, 0.25) is 5.91 Å². The van der Waals surface area contributed by atoms with Gasteiger partial charge in [-0.25, -0.2) is 4.98 Å². The van der Waals surface area contributed by atoms with Gasteiger partial charge in [0.15, 0.2) is 0 Å². The summed E-state index contributed by atoms with van der Waals surface area (Å²) in [5.41, 5.74) is 0.922. The fraction of sp³-hybridized carbons (Fsp3) is 0.636. The molecule has 5 nitrogen and oxygen atoms in total. The highest BCUT2D eigenvalue weighted by Crippen LogP contribution is 2.16. The van der Waals surface area contributed by atoms with Gasteiger partial charge >= 0.3 is 0 Å². The van der Waals surface area contributed by atoms with E-state index in [1.54, 1.807) is 12.5 Å². The maximum atomic E-state index is 11.5. The molecule has 2 N–H and O–H groups in total. The second-order valence-electron chi connectivity index (χ2n) is 4.03. The van der Waals surface area contributed by atoms with Gasteiger partial charge in [-0.3, -0.25) is 4.79 Å². The number of carbonyl (C=O) groups excluding carboxylic acids is 1. The van der Waals surface area contributed by atoms with Crippen LogP contribution >= 0.6 is 0 Å². The third kappa shape index (κ3) is 3.34. The molecule has 0 aliphatic carbocycles. The summed E-state index contributed by atoms with van der Waals surface area (Å²) in [6, 6.07) is 0. The van der Waals surface area contributed by atoms with E-state index < -0.39 is 0 Å². The molecule has 0 saturated carbocycles. The van der Waals surface area contributed by atoms with Crippen molar-refractivity contribution in [2.75, 3.05) is 6.61 Å². The first kappa shape index (κ1) is 11.1. The van der Waals surface area contributed by atoms with Crippen LogP contribution in [-0.4, -0.2) is 28.6 Å². The Balaban J connectivity index is 1.60. The van der Waals surface area contributed by atoms with Crippen molar-refractivity contribution in [1.29, 1.82) is 0 Å². The molecule has 1 atom stereocenters. The fourth-order valence-electron chi connectivity index (χ4n) is 1.83. The number of aromatic amines is 1. The molecule has 1 unspecified atom stereocenters. The Morgan fingerprint density at radius 2 is 2.62 bits per heavy atom. The van der Waals surface area contributed by atoms with Crippen LogP contribution in [0, 0.1) is 0 Å². The molecule has 1 fully saturated rings. The maximum Gasteiger partial charge on any atom is 0.220 e. The number of nitrogens with one attached hydrogen (secondary N) is 2. The number of nitrogens with zero attached hydrogens (tertiary/aromatic N) is 1. The van der Waals surface area contributed by atoms with Crippen molar-refractivity contribution in [3.05, 3.63) is 18.2 Å². The van der Waals surface area contributed by atoms with E-state index in [1.807, 2.05) is 0 Å². The minimum absolute atomic E-state index is 0.0742. The topological polar surface area (TPSA) is 67.0 Å². The number of ether oxygens (including phenoxy) is 1. The van der Waals surface area contributed by atoms with Gasteiger partial charge in [-0.1, -0.05) is 0 Å². The van der Waals surface area contributed by atoms with Crippen LogP contribution in [0.1, 0.15) is 31.4 Å². The van der Waals surface area contributed by atoms with Crippen LogP contribution in [0.5, 0.6) is 0 Å². The Labute approximate surface area is 94.6 Å². The zero-order chi connectivity index (χ0) is 11.2. The number of rotatable bonds is 5. The molecule has 0 aromatic carbocycles. The van der Waals surface area contributed by atoms with E-state index in [9.17, 15) is 4.79 Å². The zero-order valence-electron chi connectivity index (χ0n) is 9.24. The smallest absolute Gasteiger partial charge is 0.220 e. The van der Waals surface area contributed by atoms with Crippen molar-refractivity contribution in [2.45, 2.75) is 38.3 Å². The number of aromatic nitrogens is 2. The van der Waals surface area contributed by atoms with E-state index in [0.29, 0.717) is 13.0 Å². The molecule has 0 bridgehead atoms. The van der Waals surface area contributed by atoms with E-state index in [4.69, 9.17) is 4.74 Å². The van der Waals surface area contributed by atoms with Gasteiger partial charge in [0, 0.05) is 19.2 Å². The summed E-state index contributed by atoms with van der Waals surface area (Å²) in [7, 11) is 0. The quantitative estimate of drug-likeness (QED) is 0.782. The van der Waals surface area contributed by atoms with Crippen molar-refractivity contribution in [1.82, 2.24) is 15.3 Å². The number of hydrogen-bond donors (Lipinski definition) is 2. The van der Waals surface area contributed by atoms with Crippen molar-refractivity contribution in [3.8, 4) is 0 Å². The number of amides is 1. The molecule has 1 aromatic rings. The first-order valence-corrected chi connectivity index (χ1v) is 5.70. The Morgan fingerprint density at radius 1 is 1.69 bits per heavy atom. The van der Waals surface area contributed by atoms with Gasteiger partial charge in [-0.05, 0) is 19.3 Å². The Bertz CT molecular complexity index is 318. The first-order chi connectivity index (χ1) is 7.84. The molecule has 2 rings (SSSR count). The Morgan fingerprint density at radius 3 is 3.31 bits per heavy atom. The average molecular weight is 223 g/mol. The zero-order valence-corrected chi connectivity index (χ0v) is 9.24. The predicted octanol–water partition coefficient (Wildman–Crippen LogP) is 0.985. The minimum Gasteiger partial charge on any atom is -0.378 e. The van der Waals surface area contributed by atoms with E-state index >= 15 is 0 Å². The lowest BCUT2D eigenvalue weighted by Gasteiger charge is -2.08. The van der Waals surface area contributed by atoms with Gasteiger partial charge in [0.25, 0.3) is 0 Å². The molecule has 2 heterocycles. The van der Waals surface area contributed by atoms with Crippen molar-refractivity contribution in [3.63, 3.8) is 0 Å². The SMILES string of the molecule is O=C(CCC1CCCO1)NCc1cnc[nH]1. The molecule has 1 aliphatic rings. The standard InChI is InChI=1S/C11H17N3O2/c15-11(4-3-10-2-1-5-16-10)13-7-9-6-12-8-14-9/h6,8,10H,1-5,7H2,(H,12,14)(H,13,15). The summed E-state index contributed by atoms with van der Waals surface area (Å²) in [5, 5.41) is 2.84. The fourth-order valence-corrected chi connectivity index (χ4v) is 1.83. The molecular formula is C11H17N3O2. The van der Waals surface area contributed by atoms with Crippen molar-refractivity contribution in [2.24, 2.45) is 0 Å². The van der Waals surface area contributed by atoms with Crippen LogP contribution in [0.3, 0.4) is 0 Å². The summed E-state index contributed by atoms with van der Waals surface area (Å²) in [6.45, 7) is 1.37. The van der Waals surface area contributed by atoms with Crippen LogP contribution in [-0.2, 0) is 16.1 Å². The van der Waals surface area contributed by atoms with Crippen LogP contribution in [0.25, 0.3) is 0 Å². The largest absolute Gasteiger partial charge is 0.378 e. The van der Waals surface area contributed by atoms with Crippen molar-refractivity contribution < 1.29 is 9.53 Å². The van der Waals surface area contributed by atoms with E-state index in [1.165, 1.54) is 0 Å². The van der Waals surface area contributed by atoms with Gasteiger partial charge in [0.05, 0.1) is 24.7 Å². The summed E-state index contributed by atoms with van der Waals surface area (Å²) < 4.78 is 5.46. The van der Waals surface area contributed by atoms with E-state index in [2.05, 4.69) is 15.3 Å². The molecule has 1 saturated heterocycles. The maximum absolute atomic E-state index is 11.5. The van der Waals surface area contributed by atoms with Gasteiger partial charge in [-0.15, -0.1) is 0 Å². The molecule has 1 aromatic heterocycles. The summed E-state index contributed by atoms with van der Waals surface area (Å²) in [6.07, 6.45) is 7.19. The van der Waals surface area contributed by atoms with Crippen LogP contribution < -0.4 is 5.32 Å². The van der Waals surface area contributed by atoms with E-state index in [0.717, 1.165) is 31.6 Å². The number of imidazole rings is 1. The summed E-state index contributed by atoms with van der Waals surface area (Å²) in [4.78, 5) is 18.3. The van der Waals surface area contributed by atoms with Gasteiger partial charge in [0.1, 0.15) is 0 Å². The molecule has 1 aliphatic heterocycles. The molecule has 1 amide bonds. The first-order valence-electron chi connectivity index (χ1n) is 5.70. The van der Waals surface area contributed by atoms with Crippen LogP contribution in [0.2, 0.25) is 0 Å². The highest BCUT2D eigenvalue weighted by atomic mass is 16.5. The average Bonchev–Trinajstić information content (AvgIpc) is 2.96. The molecule has 0 radical (unpaired) electrons. The third-order valence-corrected chi connectivity index (χ3v) is 2.75. The second-order valence-corrected chi connectivity index (χ2v) is 4.03. The molecule has 16 heavy (non-hydrogen) atoms. The van der Waals surface area contributed by atoms with Crippen molar-refractivity contribution >= 4 is 5.91 Å². The third-order valence-electron chi connectivity index (χ3n) is 2.75. The highest BCUT2D eigenvalue weighted by Gasteiger charge is 2.16. The Hall–Kier alpha value is -1.36. The number of carbonyl (C=O) groups is 1. The second kappa shape index (κ2) is 5.65. The van der Waals surface area contributed by atoms with Crippen LogP contribution in [0.4, 0.5) is 0 Å². The summed E-state index contributed by atoms with van der Waals surface area (Å²) in [5.74, 6) is 0.0742. The molecule has 5 heteroatoms. The lowest BCUT2D eigenvalue weighted by molar-refractivity contribution is -0.121. The highest BCUT2D eigenvalue weighted by molar-refractivity contribution is 5.75. The minimum atomic E-state index is 0.0742. The monoisotopic (exact) mass is 223 g/mol. The van der Waals surface area contributed by atoms with Gasteiger partial charge < -0.3 is 15.0 Å².